The largest absolute Gasteiger partial charge is 0.345 e. The van der Waals surface area contributed by atoms with E-state index in [4.69, 9.17) is 0 Å². The summed E-state index contributed by atoms with van der Waals surface area (Å²) in [6.07, 6.45) is 0. The second-order valence-electron chi connectivity index (χ2n) is 4.98. The van der Waals surface area contributed by atoms with Gasteiger partial charge in [-0.05, 0) is 40.8 Å². The number of rotatable bonds is 3. The van der Waals surface area contributed by atoms with Crippen molar-refractivity contribution in [3.8, 4) is 0 Å². The lowest BCUT2D eigenvalue weighted by molar-refractivity contribution is -0.125. The first kappa shape index (κ1) is 15.6. The SMILES string of the molecule is CC(C)(C)C(=O)CNC(=O)c1cc(Br)ccc1I. The maximum Gasteiger partial charge on any atom is 0.252 e. The van der Waals surface area contributed by atoms with Crippen LogP contribution >= 0.6 is 38.5 Å². The molecule has 1 aromatic rings. The maximum absolute atomic E-state index is 12.0. The summed E-state index contributed by atoms with van der Waals surface area (Å²) >= 11 is 5.42. The van der Waals surface area contributed by atoms with Crippen molar-refractivity contribution in [3.05, 3.63) is 31.8 Å². The van der Waals surface area contributed by atoms with Crippen LogP contribution in [-0.2, 0) is 4.79 Å². The second-order valence-corrected chi connectivity index (χ2v) is 7.06. The molecule has 0 saturated heterocycles. The van der Waals surface area contributed by atoms with Gasteiger partial charge in [0.05, 0.1) is 12.1 Å². The first-order valence-corrected chi connectivity index (χ1v) is 7.35. The molecule has 0 spiro atoms. The fraction of sp³-hybridized carbons (Fsp3) is 0.385. The van der Waals surface area contributed by atoms with Crippen LogP contribution in [0.1, 0.15) is 31.1 Å². The van der Waals surface area contributed by atoms with E-state index in [1.165, 1.54) is 0 Å². The molecule has 1 N–H and O–H groups in total. The van der Waals surface area contributed by atoms with Crippen LogP contribution in [0, 0.1) is 8.99 Å². The predicted octanol–water partition coefficient (Wildman–Crippen LogP) is 3.40. The molecule has 1 aromatic carbocycles. The molecule has 0 bridgehead atoms. The van der Waals surface area contributed by atoms with Crippen molar-refractivity contribution >= 4 is 50.2 Å². The zero-order valence-corrected chi connectivity index (χ0v) is 14.3. The predicted molar refractivity (Wildman–Crippen MR) is 83.7 cm³/mol. The van der Waals surface area contributed by atoms with Crippen LogP contribution in [0.5, 0.6) is 0 Å². The van der Waals surface area contributed by atoms with Crippen molar-refractivity contribution < 1.29 is 9.59 Å². The van der Waals surface area contributed by atoms with Crippen molar-refractivity contribution in [2.24, 2.45) is 5.41 Å². The summed E-state index contributed by atoms with van der Waals surface area (Å²) in [7, 11) is 0. The maximum atomic E-state index is 12.0. The number of carbonyl (C=O) groups is 2. The van der Waals surface area contributed by atoms with E-state index < -0.39 is 5.41 Å². The fourth-order valence-corrected chi connectivity index (χ4v) is 2.13. The minimum atomic E-state index is -0.433. The van der Waals surface area contributed by atoms with Gasteiger partial charge in [-0.25, -0.2) is 0 Å². The topological polar surface area (TPSA) is 46.2 Å². The average Bonchev–Trinajstić information content (AvgIpc) is 2.27. The van der Waals surface area contributed by atoms with Crippen LogP contribution in [0.3, 0.4) is 0 Å². The molecule has 0 unspecified atom stereocenters. The molecule has 0 atom stereocenters. The van der Waals surface area contributed by atoms with Crippen LogP contribution in [-0.4, -0.2) is 18.2 Å². The van der Waals surface area contributed by atoms with Crippen LogP contribution in [0.2, 0.25) is 0 Å². The summed E-state index contributed by atoms with van der Waals surface area (Å²) in [5.74, 6) is -0.209. The third kappa shape index (κ3) is 4.35. The van der Waals surface area contributed by atoms with E-state index in [1.54, 1.807) is 6.07 Å². The molecule has 5 heteroatoms. The van der Waals surface area contributed by atoms with Gasteiger partial charge in [-0.1, -0.05) is 36.7 Å². The molecule has 0 heterocycles. The molecule has 0 saturated carbocycles. The number of carbonyl (C=O) groups excluding carboxylic acids is 2. The minimum Gasteiger partial charge on any atom is -0.345 e. The fourth-order valence-electron chi connectivity index (χ4n) is 1.19. The van der Waals surface area contributed by atoms with Gasteiger partial charge < -0.3 is 5.32 Å². The molecule has 0 fully saturated rings. The van der Waals surface area contributed by atoms with E-state index in [0.29, 0.717) is 5.56 Å². The minimum absolute atomic E-state index is 0.0147. The molecule has 0 aliphatic carbocycles. The van der Waals surface area contributed by atoms with E-state index >= 15 is 0 Å². The highest BCUT2D eigenvalue weighted by molar-refractivity contribution is 14.1. The summed E-state index contributed by atoms with van der Waals surface area (Å²) in [6.45, 7) is 5.57. The van der Waals surface area contributed by atoms with Crippen LogP contribution in [0.15, 0.2) is 22.7 Å². The van der Waals surface area contributed by atoms with Gasteiger partial charge in [-0.15, -0.1) is 0 Å². The first-order chi connectivity index (χ1) is 8.21. The Kier molecular flexibility index (Phi) is 5.33. The highest BCUT2D eigenvalue weighted by Crippen LogP contribution is 2.18. The van der Waals surface area contributed by atoms with Gasteiger partial charge in [0.1, 0.15) is 0 Å². The molecule has 0 radical (unpaired) electrons. The molecule has 1 amide bonds. The van der Waals surface area contributed by atoms with E-state index in [0.717, 1.165) is 8.04 Å². The van der Waals surface area contributed by atoms with Crippen LogP contribution in [0.25, 0.3) is 0 Å². The highest BCUT2D eigenvalue weighted by atomic mass is 127. The summed E-state index contributed by atoms with van der Waals surface area (Å²) in [5, 5.41) is 2.66. The van der Waals surface area contributed by atoms with Crippen molar-refractivity contribution in [1.29, 1.82) is 0 Å². The second kappa shape index (κ2) is 6.14. The molecule has 0 aliphatic rings. The Morgan fingerprint density at radius 3 is 2.50 bits per heavy atom. The zero-order valence-electron chi connectivity index (χ0n) is 10.5. The molecule has 0 aromatic heterocycles. The number of hydrogen-bond donors (Lipinski definition) is 1. The van der Waals surface area contributed by atoms with E-state index in [9.17, 15) is 9.59 Å². The number of nitrogens with one attached hydrogen (secondary N) is 1. The third-order valence-corrected chi connectivity index (χ3v) is 3.85. The zero-order chi connectivity index (χ0) is 13.9. The Morgan fingerprint density at radius 2 is 1.94 bits per heavy atom. The van der Waals surface area contributed by atoms with Crippen molar-refractivity contribution in [2.45, 2.75) is 20.8 Å². The van der Waals surface area contributed by atoms with E-state index in [2.05, 4.69) is 43.8 Å². The summed E-state index contributed by atoms with van der Waals surface area (Å²) in [5.41, 5.74) is 0.143. The number of benzene rings is 1. The van der Waals surface area contributed by atoms with Gasteiger partial charge in [-0.2, -0.15) is 0 Å². The summed E-state index contributed by atoms with van der Waals surface area (Å²) < 4.78 is 1.70. The Balaban J connectivity index is 2.72. The summed E-state index contributed by atoms with van der Waals surface area (Å²) in [4.78, 5) is 23.7. The number of amides is 1. The van der Waals surface area contributed by atoms with Gasteiger partial charge in [0.25, 0.3) is 5.91 Å². The Bertz CT molecular complexity index is 480. The molecule has 98 valence electrons. The molecule has 1 rings (SSSR count). The quantitative estimate of drug-likeness (QED) is 0.757. The number of ketones is 1. The van der Waals surface area contributed by atoms with Gasteiger partial charge in [0, 0.05) is 13.5 Å². The average molecular weight is 424 g/mol. The van der Waals surface area contributed by atoms with E-state index in [-0.39, 0.29) is 18.2 Å². The lowest BCUT2D eigenvalue weighted by Crippen LogP contribution is -2.35. The standard InChI is InChI=1S/C13H15BrINO2/c1-13(2,3)11(17)7-16-12(18)9-6-8(14)4-5-10(9)15/h4-6H,7H2,1-3H3,(H,16,18). The lowest BCUT2D eigenvalue weighted by Gasteiger charge is -2.17. The van der Waals surface area contributed by atoms with Crippen molar-refractivity contribution in [1.82, 2.24) is 5.32 Å². The Labute approximate surface area is 129 Å². The first-order valence-electron chi connectivity index (χ1n) is 5.48. The molecular weight excluding hydrogens is 409 g/mol. The normalized spacial score (nSPS) is 11.2. The van der Waals surface area contributed by atoms with Crippen molar-refractivity contribution in [2.75, 3.05) is 6.54 Å². The third-order valence-electron chi connectivity index (χ3n) is 2.42. The van der Waals surface area contributed by atoms with Gasteiger partial charge in [0.15, 0.2) is 5.78 Å². The lowest BCUT2D eigenvalue weighted by atomic mass is 9.91. The number of halogens is 2. The summed E-state index contributed by atoms with van der Waals surface area (Å²) in [6, 6.07) is 5.47. The van der Waals surface area contributed by atoms with Gasteiger partial charge >= 0.3 is 0 Å². The smallest absolute Gasteiger partial charge is 0.252 e. The molecule has 0 aliphatic heterocycles. The van der Waals surface area contributed by atoms with Gasteiger partial charge in [-0.3, -0.25) is 9.59 Å². The molecular formula is C13H15BrINO2. The van der Waals surface area contributed by atoms with Gasteiger partial charge in [0.2, 0.25) is 0 Å². The molecule has 18 heavy (non-hydrogen) atoms. The van der Waals surface area contributed by atoms with Crippen molar-refractivity contribution in [3.63, 3.8) is 0 Å². The van der Waals surface area contributed by atoms with E-state index in [1.807, 2.05) is 32.9 Å². The number of hydrogen-bond acceptors (Lipinski definition) is 2. The monoisotopic (exact) mass is 423 g/mol. The number of Topliss-reactive ketones (excluding diaryl/α,β-unsaturated/α-hetero) is 1. The van der Waals surface area contributed by atoms with Crippen LogP contribution in [0.4, 0.5) is 0 Å². The Hall–Kier alpha value is -0.430. The Morgan fingerprint density at radius 1 is 1.33 bits per heavy atom. The van der Waals surface area contributed by atoms with Crippen LogP contribution < -0.4 is 5.32 Å². The molecule has 3 nitrogen and oxygen atoms in total. The highest BCUT2D eigenvalue weighted by Gasteiger charge is 2.21.